The van der Waals surface area contributed by atoms with Crippen LogP contribution in [0.15, 0.2) is 24.0 Å². The Morgan fingerprint density at radius 3 is 2.32 bits per heavy atom. The van der Waals surface area contributed by atoms with Crippen LogP contribution in [-0.2, 0) is 9.53 Å². The quantitative estimate of drug-likeness (QED) is 0.680. The van der Waals surface area contributed by atoms with Gasteiger partial charge >= 0.3 is 6.09 Å². The Labute approximate surface area is 185 Å². The number of carbonyl (C=O) groups is 2. The minimum atomic E-state index is -0.493. The lowest BCUT2D eigenvalue weighted by molar-refractivity contribution is -0.146. The second kappa shape index (κ2) is 8.32. The van der Waals surface area contributed by atoms with Gasteiger partial charge in [0, 0.05) is 32.4 Å². The van der Waals surface area contributed by atoms with Gasteiger partial charge in [-0.3, -0.25) is 9.48 Å². The Bertz CT molecular complexity index is 854. The second-order valence-corrected chi connectivity index (χ2v) is 10.4. The lowest BCUT2D eigenvalue weighted by atomic mass is 9.61. The normalized spacial score (nSPS) is 22.0. The molecule has 4 rings (SSSR count). The number of nitrogens with zero attached hydrogens (tertiary/aromatic N) is 4. The highest BCUT2D eigenvalue weighted by Crippen LogP contribution is 2.50. The lowest BCUT2D eigenvalue weighted by Crippen LogP contribution is -2.52. The van der Waals surface area contributed by atoms with Gasteiger partial charge in [0.15, 0.2) is 0 Å². The molecule has 7 nitrogen and oxygen atoms in total. The van der Waals surface area contributed by atoms with Gasteiger partial charge in [-0.2, -0.15) is 5.10 Å². The summed E-state index contributed by atoms with van der Waals surface area (Å²) in [5.41, 5.74) is 1.58. The predicted octanol–water partition coefficient (Wildman–Crippen LogP) is 4.09. The summed E-state index contributed by atoms with van der Waals surface area (Å²) < 4.78 is 7.57. The molecule has 1 saturated carbocycles. The van der Waals surface area contributed by atoms with Gasteiger partial charge in [0.1, 0.15) is 5.60 Å². The van der Waals surface area contributed by atoms with Crippen molar-refractivity contribution in [3.05, 3.63) is 29.6 Å². The summed E-state index contributed by atoms with van der Waals surface area (Å²) in [4.78, 5) is 29.8. The molecule has 0 radical (unpaired) electrons. The zero-order valence-corrected chi connectivity index (χ0v) is 19.4. The summed E-state index contributed by atoms with van der Waals surface area (Å²) in [6.07, 6.45) is 11.5. The van der Waals surface area contributed by atoms with Gasteiger partial charge in [0.05, 0.1) is 17.7 Å². The van der Waals surface area contributed by atoms with Gasteiger partial charge < -0.3 is 14.5 Å². The number of amides is 2. The average Bonchev–Trinajstić information content (AvgIpc) is 3.13. The molecule has 3 heterocycles. The number of likely N-dealkylation sites (tertiary alicyclic amines) is 1. The molecule has 3 aliphatic rings. The highest BCUT2D eigenvalue weighted by molar-refractivity contribution is 5.87. The van der Waals surface area contributed by atoms with Gasteiger partial charge in [-0.05, 0) is 65.4 Å². The largest absolute Gasteiger partial charge is 0.444 e. The standard InChI is InChI=1S/C24H36N4O3/c1-18-16-25-28(17-18)20-8-14-26(15-9-20)21(29)24(10-5-11-24)19-6-12-27(13-7-19)22(30)31-23(2,3)4/h6,16-17,20H,5,7-15H2,1-4H3. The van der Waals surface area contributed by atoms with E-state index in [1.807, 2.05) is 27.0 Å². The van der Waals surface area contributed by atoms with Gasteiger partial charge in [-0.1, -0.05) is 18.1 Å². The molecule has 0 spiro atoms. The third-order valence-corrected chi connectivity index (χ3v) is 6.95. The maximum atomic E-state index is 13.6. The van der Waals surface area contributed by atoms with Crippen molar-refractivity contribution in [1.82, 2.24) is 19.6 Å². The molecular formula is C24H36N4O3. The fourth-order valence-corrected chi connectivity index (χ4v) is 5.07. The predicted molar refractivity (Wildman–Crippen MR) is 119 cm³/mol. The van der Waals surface area contributed by atoms with Crippen molar-refractivity contribution in [1.29, 1.82) is 0 Å². The molecular weight excluding hydrogens is 392 g/mol. The summed E-state index contributed by atoms with van der Waals surface area (Å²) in [6, 6.07) is 0.381. The van der Waals surface area contributed by atoms with E-state index in [0.717, 1.165) is 51.6 Å². The SMILES string of the molecule is Cc1cnn(C2CCN(C(=O)C3(C4=CCN(C(=O)OC(C)(C)C)CC4)CCC3)CC2)c1. The van der Waals surface area contributed by atoms with E-state index in [1.54, 1.807) is 4.90 Å². The minimum Gasteiger partial charge on any atom is -0.444 e. The number of aromatic nitrogens is 2. The molecule has 7 heteroatoms. The molecule has 0 unspecified atom stereocenters. The number of piperidine rings is 1. The first-order valence-electron chi connectivity index (χ1n) is 11.7. The summed E-state index contributed by atoms with van der Waals surface area (Å²) in [5.74, 6) is 0.297. The summed E-state index contributed by atoms with van der Waals surface area (Å²) in [5, 5.41) is 4.46. The van der Waals surface area contributed by atoms with E-state index in [0.29, 0.717) is 25.0 Å². The first-order chi connectivity index (χ1) is 14.7. The third-order valence-electron chi connectivity index (χ3n) is 6.95. The van der Waals surface area contributed by atoms with Crippen LogP contribution in [0.25, 0.3) is 0 Å². The van der Waals surface area contributed by atoms with Crippen LogP contribution in [0.2, 0.25) is 0 Å². The van der Waals surface area contributed by atoms with Gasteiger partial charge in [-0.25, -0.2) is 4.79 Å². The number of rotatable bonds is 3. The average molecular weight is 429 g/mol. The highest BCUT2D eigenvalue weighted by atomic mass is 16.6. The first kappa shape index (κ1) is 21.9. The maximum Gasteiger partial charge on any atom is 0.410 e. The zero-order valence-electron chi connectivity index (χ0n) is 19.4. The number of hydrogen-bond donors (Lipinski definition) is 0. The lowest BCUT2D eigenvalue weighted by Gasteiger charge is -2.48. The molecule has 0 atom stereocenters. The molecule has 0 bridgehead atoms. The van der Waals surface area contributed by atoms with Crippen LogP contribution in [-0.4, -0.2) is 63.4 Å². The topological polar surface area (TPSA) is 67.7 Å². The van der Waals surface area contributed by atoms with Gasteiger partial charge in [0.25, 0.3) is 0 Å². The van der Waals surface area contributed by atoms with E-state index >= 15 is 0 Å². The summed E-state index contributed by atoms with van der Waals surface area (Å²) in [6.45, 7) is 10.4. The monoisotopic (exact) mass is 428 g/mol. The van der Waals surface area contributed by atoms with Crippen molar-refractivity contribution in [2.24, 2.45) is 5.41 Å². The van der Waals surface area contributed by atoms with Gasteiger partial charge in [0.2, 0.25) is 5.91 Å². The van der Waals surface area contributed by atoms with Crippen molar-refractivity contribution >= 4 is 12.0 Å². The fourth-order valence-electron chi connectivity index (χ4n) is 5.07. The van der Waals surface area contributed by atoms with Crippen LogP contribution in [0, 0.1) is 12.3 Å². The third kappa shape index (κ3) is 4.51. The van der Waals surface area contributed by atoms with Crippen LogP contribution in [0.1, 0.15) is 70.9 Å². The molecule has 31 heavy (non-hydrogen) atoms. The van der Waals surface area contributed by atoms with E-state index in [-0.39, 0.29) is 11.5 Å². The summed E-state index contributed by atoms with van der Waals surface area (Å²) >= 11 is 0. The Balaban J connectivity index is 1.38. The molecule has 170 valence electrons. The molecule has 1 aliphatic carbocycles. The van der Waals surface area contributed by atoms with Crippen LogP contribution in [0.5, 0.6) is 0 Å². The highest BCUT2D eigenvalue weighted by Gasteiger charge is 2.49. The van der Waals surface area contributed by atoms with Crippen molar-refractivity contribution in [2.75, 3.05) is 26.2 Å². The van der Waals surface area contributed by atoms with Crippen molar-refractivity contribution in [3.63, 3.8) is 0 Å². The smallest absolute Gasteiger partial charge is 0.410 e. The van der Waals surface area contributed by atoms with E-state index < -0.39 is 5.60 Å². The van der Waals surface area contributed by atoms with E-state index in [2.05, 4.69) is 33.9 Å². The van der Waals surface area contributed by atoms with E-state index in [9.17, 15) is 9.59 Å². The Morgan fingerprint density at radius 1 is 1.13 bits per heavy atom. The van der Waals surface area contributed by atoms with Crippen molar-refractivity contribution < 1.29 is 14.3 Å². The maximum absolute atomic E-state index is 13.6. The number of ether oxygens (including phenoxy) is 1. The first-order valence-corrected chi connectivity index (χ1v) is 11.7. The number of carbonyl (C=O) groups excluding carboxylic acids is 2. The zero-order chi connectivity index (χ0) is 22.2. The molecule has 1 saturated heterocycles. The molecule has 1 aromatic heterocycles. The number of aryl methyl sites for hydroxylation is 1. The van der Waals surface area contributed by atoms with Crippen molar-refractivity contribution in [3.8, 4) is 0 Å². The molecule has 1 aromatic rings. The molecule has 0 N–H and O–H groups in total. The van der Waals surface area contributed by atoms with E-state index in [4.69, 9.17) is 4.74 Å². The summed E-state index contributed by atoms with van der Waals surface area (Å²) in [7, 11) is 0. The van der Waals surface area contributed by atoms with E-state index in [1.165, 1.54) is 11.1 Å². The molecule has 0 aromatic carbocycles. The molecule has 2 aliphatic heterocycles. The fraction of sp³-hybridized carbons (Fsp3) is 0.708. The molecule has 2 amide bonds. The van der Waals surface area contributed by atoms with Gasteiger partial charge in [-0.15, -0.1) is 0 Å². The number of hydrogen-bond acceptors (Lipinski definition) is 4. The van der Waals surface area contributed by atoms with Crippen LogP contribution in [0.3, 0.4) is 0 Å². The molecule has 2 fully saturated rings. The van der Waals surface area contributed by atoms with Crippen LogP contribution >= 0.6 is 0 Å². The van der Waals surface area contributed by atoms with Crippen LogP contribution < -0.4 is 0 Å². The van der Waals surface area contributed by atoms with Crippen LogP contribution in [0.4, 0.5) is 4.79 Å². The Kier molecular flexibility index (Phi) is 5.88. The second-order valence-electron chi connectivity index (χ2n) is 10.4. The van der Waals surface area contributed by atoms with Crippen molar-refractivity contribution in [2.45, 2.75) is 77.9 Å². The Morgan fingerprint density at radius 2 is 1.84 bits per heavy atom. The minimum absolute atomic E-state index is 0.271. The Hall–Kier alpha value is -2.31.